The summed E-state index contributed by atoms with van der Waals surface area (Å²) in [5.74, 6) is -2.40. The molecule has 0 radical (unpaired) electrons. The van der Waals surface area contributed by atoms with Gasteiger partial charge in [-0.15, -0.1) is 0 Å². The molecule has 0 unspecified atom stereocenters. The molecule has 0 spiro atoms. The molecule has 0 amide bonds. The Morgan fingerprint density at radius 3 is 2.73 bits per heavy atom. The molecular formula is C10H9BrF2O2. The fourth-order valence-electron chi connectivity index (χ4n) is 1.24. The zero-order chi connectivity index (χ0) is 11.1. The molecule has 15 heavy (non-hydrogen) atoms. The molecule has 1 fully saturated rings. The number of aliphatic hydroxyl groups excluding tert-OH is 1. The van der Waals surface area contributed by atoms with E-state index in [2.05, 4.69) is 15.9 Å². The molecule has 1 aromatic carbocycles. The first-order chi connectivity index (χ1) is 7.03. The predicted molar refractivity (Wildman–Crippen MR) is 54.0 cm³/mol. The molecule has 1 N–H and O–H groups in total. The predicted octanol–water partition coefficient (Wildman–Crippen LogP) is 2.73. The van der Waals surface area contributed by atoms with Crippen molar-refractivity contribution in [3.05, 3.63) is 28.2 Å². The van der Waals surface area contributed by atoms with Gasteiger partial charge in [0.25, 0.3) is 5.92 Å². The second-order valence-electron chi connectivity index (χ2n) is 3.48. The highest BCUT2D eigenvalue weighted by Crippen LogP contribution is 2.45. The second kappa shape index (κ2) is 3.72. The Bertz CT molecular complexity index is 382. The molecule has 0 heterocycles. The fourth-order valence-corrected chi connectivity index (χ4v) is 1.58. The molecule has 0 saturated heterocycles. The van der Waals surface area contributed by atoms with Crippen molar-refractivity contribution in [2.75, 3.05) is 0 Å². The molecule has 0 aliphatic heterocycles. The maximum absolute atomic E-state index is 12.6. The lowest BCUT2D eigenvalue weighted by atomic mass is 10.2. The first kappa shape index (κ1) is 10.8. The minimum absolute atomic E-state index is 0.221. The Labute approximate surface area is 94.0 Å². The summed E-state index contributed by atoms with van der Waals surface area (Å²) in [5, 5.41) is 8.99. The summed E-state index contributed by atoms with van der Waals surface area (Å²) in [6, 6.07) is 4.95. The number of alkyl halides is 2. The van der Waals surface area contributed by atoms with Crippen molar-refractivity contribution in [1.29, 1.82) is 0 Å². The summed E-state index contributed by atoms with van der Waals surface area (Å²) in [7, 11) is 0. The van der Waals surface area contributed by atoms with E-state index in [1.165, 1.54) is 0 Å². The van der Waals surface area contributed by atoms with Gasteiger partial charge in [0, 0.05) is 10.0 Å². The number of halogens is 3. The maximum atomic E-state index is 12.6. The van der Waals surface area contributed by atoms with E-state index in [1.807, 2.05) is 0 Å². The van der Waals surface area contributed by atoms with Crippen molar-refractivity contribution in [3.63, 3.8) is 0 Å². The molecule has 1 aromatic rings. The molecule has 2 rings (SSSR count). The molecule has 1 atom stereocenters. The zero-order valence-corrected chi connectivity index (χ0v) is 9.30. The Kier molecular flexibility index (Phi) is 2.68. The molecule has 5 heteroatoms. The number of hydrogen-bond acceptors (Lipinski definition) is 2. The van der Waals surface area contributed by atoms with Gasteiger partial charge < -0.3 is 9.84 Å². The number of hydrogen-bond donors (Lipinski definition) is 1. The minimum Gasteiger partial charge on any atom is -0.483 e. The van der Waals surface area contributed by atoms with Crippen molar-refractivity contribution in [3.8, 4) is 5.75 Å². The van der Waals surface area contributed by atoms with E-state index in [1.54, 1.807) is 18.2 Å². The molecule has 0 bridgehead atoms. The van der Waals surface area contributed by atoms with E-state index < -0.39 is 12.0 Å². The summed E-state index contributed by atoms with van der Waals surface area (Å²) in [4.78, 5) is 0. The van der Waals surface area contributed by atoms with E-state index in [0.717, 1.165) is 4.47 Å². The summed E-state index contributed by atoms with van der Waals surface area (Å²) in [6.45, 7) is -0.221. The Morgan fingerprint density at radius 1 is 1.53 bits per heavy atom. The largest absolute Gasteiger partial charge is 0.483 e. The van der Waals surface area contributed by atoms with Crippen LogP contribution in [0.4, 0.5) is 8.78 Å². The third-order valence-corrected chi connectivity index (χ3v) is 2.73. The van der Waals surface area contributed by atoms with Crippen LogP contribution in [0, 0.1) is 0 Å². The van der Waals surface area contributed by atoms with Gasteiger partial charge in [0.1, 0.15) is 5.75 Å². The average Bonchev–Trinajstić information content (AvgIpc) is 2.74. The SMILES string of the molecule is OCc1ccc(Br)cc1O[C@@H]1CC1(F)F. The van der Waals surface area contributed by atoms with Crippen LogP contribution in [0.2, 0.25) is 0 Å². The van der Waals surface area contributed by atoms with E-state index >= 15 is 0 Å². The lowest BCUT2D eigenvalue weighted by Gasteiger charge is -2.09. The number of benzene rings is 1. The summed E-state index contributed by atoms with van der Waals surface area (Å²) < 4.78 is 31.1. The van der Waals surface area contributed by atoms with Crippen molar-refractivity contribution in [2.45, 2.75) is 25.1 Å². The van der Waals surface area contributed by atoms with Crippen molar-refractivity contribution in [2.24, 2.45) is 0 Å². The third-order valence-electron chi connectivity index (χ3n) is 2.24. The Balaban J connectivity index is 2.16. The van der Waals surface area contributed by atoms with E-state index in [4.69, 9.17) is 9.84 Å². The second-order valence-corrected chi connectivity index (χ2v) is 4.40. The number of rotatable bonds is 3. The summed E-state index contributed by atoms with van der Waals surface area (Å²) in [6.07, 6.45) is -1.29. The van der Waals surface area contributed by atoms with Gasteiger partial charge in [-0.3, -0.25) is 0 Å². The van der Waals surface area contributed by atoms with Crippen LogP contribution in [-0.2, 0) is 6.61 Å². The molecule has 2 nitrogen and oxygen atoms in total. The summed E-state index contributed by atoms with van der Waals surface area (Å²) >= 11 is 3.22. The van der Waals surface area contributed by atoms with E-state index in [0.29, 0.717) is 11.3 Å². The smallest absolute Gasteiger partial charge is 0.288 e. The lowest BCUT2D eigenvalue weighted by molar-refractivity contribution is 0.0656. The van der Waals surface area contributed by atoms with Crippen LogP contribution in [0.15, 0.2) is 22.7 Å². The van der Waals surface area contributed by atoms with Crippen LogP contribution < -0.4 is 4.74 Å². The number of ether oxygens (including phenoxy) is 1. The van der Waals surface area contributed by atoms with Crippen molar-refractivity contribution >= 4 is 15.9 Å². The lowest BCUT2D eigenvalue weighted by Crippen LogP contribution is -2.08. The van der Waals surface area contributed by atoms with Gasteiger partial charge in [-0.1, -0.05) is 22.0 Å². The van der Waals surface area contributed by atoms with Gasteiger partial charge in [0.2, 0.25) is 0 Å². The Hall–Kier alpha value is -0.680. The molecule has 0 aromatic heterocycles. The quantitative estimate of drug-likeness (QED) is 0.921. The van der Waals surface area contributed by atoms with Crippen LogP contribution in [0.25, 0.3) is 0 Å². The van der Waals surface area contributed by atoms with Gasteiger partial charge >= 0.3 is 0 Å². The first-order valence-electron chi connectivity index (χ1n) is 4.47. The average molecular weight is 279 g/mol. The highest BCUT2D eigenvalue weighted by molar-refractivity contribution is 9.10. The topological polar surface area (TPSA) is 29.5 Å². The minimum atomic E-state index is -2.71. The highest BCUT2D eigenvalue weighted by Gasteiger charge is 2.59. The first-order valence-corrected chi connectivity index (χ1v) is 5.26. The Morgan fingerprint density at radius 2 is 2.20 bits per heavy atom. The highest BCUT2D eigenvalue weighted by atomic mass is 79.9. The van der Waals surface area contributed by atoms with Gasteiger partial charge in [-0.2, -0.15) is 0 Å². The summed E-state index contributed by atoms with van der Waals surface area (Å²) in [5.41, 5.74) is 0.515. The van der Waals surface area contributed by atoms with Gasteiger partial charge in [-0.05, 0) is 12.1 Å². The maximum Gasteiger partial charge on any atom is 0.288 e. The van der Waals surface area contributed by atoms with E-state index in [9.17, 15) is 8.78 Å². The van der Waals surface area contributed by atoms with Crippen LogP contribution in [0.5, 0.6) is 5.75 Å². The third kappa shape index (κ3) is 2.29. The van der Waals surface area contributed by atoms with Gasteiger partial charge in [-0.25, -0.2) is 8.78 Å². The van der Waals surface area contributed by atoms with Crippen molar-refractivity contribution in [1.82, 2.24) is 0 Å². The molecule has 1 aliphatic carbocycles. The number of aliphatic hydroxyl groups is 1. The van der Waals surface area contributed by atoms with Crippen LogP contribution in [0.3, 0.4) is 0 Å². The monoisotopic (exact) mass is 278 g/mol. The van der Waals surface area contributed by atoms with Crippen LogP contribution >= 0.6 is 15.9 Å². The molecule has 1 aliphatic rings. The van der Waals surface area contributed by atoms with Gasteiger partial charge in [0.05, 0.1) is 13.0 Å². The normalized spacial score (nSPS) is 22.5. The van der Waals surface area contributed by atoms with Gasteiger partial charge in [0.15, 0.2) is 6.10 Å². The molecule has 1 saturated carbocycles. The van der Waals surface area contributed by atoms with Crippen molar-refractivity contribution < 1.29 is 18.6 Å². The molecule has 82 valence electrons. The fraction of sp³-hybridized carbons (Fsp3) is 0.400. The standard InChI is InChI=1S/C10H9BrF2O2/c11-7-2-1-6(5-14)8(3-7)15-9-4-10(9,12)13/h1-3,9,14H,4-5H2/t9-/m1/s1. The van der Waals surface area contributed by atoms with Crippen LogP contribution in [0.1, 0.15) is 12.0 Å². The zero-order valence-electron chi connectivity index (χ0n) is 7.71. The molecular weight excluding hydrogens is 270 g/mol. The van der Waals surface area contributed by atoms with E-state index in [-0.39, 0.29) is 13.0 Å². The van der Waals surface area contributed by atoms with Crippen LogP contribution in [-0.4, -0.2) is 17.1 Å².